The molecule has 0 saturated heterocycles. The molecule has 5 nitrogen and oxygen atoms in total. The lowest BCUT2D eigenvalue weighted by Gasteiger charge is -2.32. The molecule has 1 N–H and O–H groups in total. The summed E-state index contributed by atoms with van der Waals surface area (Å²) < 4.78 is 51.7. The van der Waals surface area contributed by atoms with Gasteiger partial charge >= 0.3 is 12.1 Å². The summed E-state index contributed by atoms with van der Waals surface area (Å²) in [5, 5.41) is 3.06. The van der Waals surface area contributed by atoms with E-state index in [0.717, 1.165) is 6.07 Å². The Morgan fingerprint density at radius 1 is 1.25 bits per heavy atom. The van der Waals surface area contributed by atoms with Gasteiger partial charge in [-0.15, -0.1) is 0 Å². The van der Waals surface area contributed by atoms with Crippen LogP contribution in [0.5, 0.6) is 5.88 Å². The number of hydrogen-bond acceptors (Lipinski definition) is 5. The molecule has 28 heavy (non-hydrogen) atoms. The van der Waals surface area contributed by atoms with Crippen LogP contribution in [0.15, 0.2) is 47.8 Å². The van der Waals surface area contributed by atoms with Crippen LogP contribution in [-0.4, -0.2) is 24.7 Å². The number of pyridine rings is 1. The Morgan fingerprint density at radius 3 is 2.61 bits per heavy atom. The SMILES string of the molecule is CCOC(=O)C1=C(C)Nc2ccnc(OC)c2C1c1ccccc1C(F)(F)F. The fraction of sp³-hybridized carbons (Fsp3) is 0.300. The van der Waals surface area contributed by atoms with E-state index in [1.807, 2.05) is 0 Å². The molecular formula is C20H19F3N2O3. The quantitative estimate of drug-likeness (QED) is 0.776. The summed E-state index contributed by atoms with van der Waals surface area (Å²) in [6, 6.07) is 6.81. The maximum absolute atomic E-state index is 13.7. The van der Waals surface area contributed by atoms with E-state index in [-0.39, 0.29) is 23.6 Å². The van der Waals surface area contributed by atoms with Crippen molar-refractivity contribution in [3.05, 3.63) is 64.5 Å². The highest BCUT2D eigenvalue weighted by molar-refractivity contribution is 5.95. The number of alkyl halides is 3. The molecule has 0 aliphatic carbocycles. The van der Waals surface area contributed by atoms with E-state index in [9.17, 15) is 18.0 Å². The van der Waals surface area contributed by atoms with Crippen LogP contribution in [0.3, 0.4) is 0 Å². The van der Waals surface area contributed by atoms with Crippen molar-refractivity contribution in [3.8, 4) is 5.88 Å². The number of rotatable bonds is 4. The first-order valence-electron chi connectivity index (χ1n) is 8.63. The molecule has 0 bridgehead atoms. The number of carbonyl (C=O) groups excluding carboxylic acids is 1. The van der Waals surface area contributed by atoms with Crippen LogP contribution >= 0.6 is 0 Å². The number of hydrogen-bond donors (Lipinski definition) is 1. The minimum absolute atomic E-state index is 0.0635. The predicted molar refractivity (Wildman–Crippen MR) is 97.0 cm³/mol. The van der Waals surface area contributed by atoms with Gasteiger partial charge < -0.3 is 14.8 Å². The number of nitrogens with one attached hydrogen (secondary N) is 1. The summed E-state index contributed by atoms with van der Waals surface area (Å²) in [5.41, 5.74) is 0.507. The number of fused-ring (bicyclic) bond motifs is 1. The Hall–Kier alpha value is -3.03. The second kappa shape index (κ2) is 7.53. The minimum Gasteiger partial charge on any atom is -0.481 e. The van der Waals surface area contributed by atoms with Crippen LogP contribution in [0.25, 0.3) is 0 Å². The third-order valence-corrected chi connectivity index (χ3v) is 4.52. The van der Waals surface area contributed by atoms with Crippen LogP contribution in [0.1, 0.15) is 36.5 Å². The number of benzene rings is 1. The molecule has 1 aliphatic rings. The molecule has 1 unspecified atom stereocenters. The van der Waals surface area contributed by atoms with Crippen LogP contribution in [0, 0.1) is 0 Å². The van der Waals surface area contributed by atoms with E-state index in [0.29, 0.717) is 16.9 Å². The van der Waals surface area contributed by atoms with E-state index in [1.165, 1.54) is 31.5 Å². The molecule has 0 fully saturated rings. The number of allylic oxidation sites excluding steroid dienone is 1. The van der Waals surface area contributed by atoms with Gasteiger partial charge in [0.1, 0.15) is 0 Å². The fourth-order valence-electron chi connectivity index (χ4n) is 3.43. The Morgan fingerprint density at radius 2 is 1.96 bits per heavy atom. The number of nitrogens with zero attached hydrogens (tertiary/aromatic N) is 1. The Labute approximate surface area is 160 Å². The first-order valence-corrected chi connectivity index (χ1v) is 8.63. The van der Waals surface area contributed by atoms with Gasteiger partial charge in [-0.3, -0.25) is 0 Å². The summed E-state index contributed by atoms with van der Waals surface area (Å²) in [4.78, 5) is 16.8. The molecule has 1 aliphatic heterocycles. The fourth-order valence-corrected chi connectivity index (χ4v) is 3.43. The van der Waals surface area contributed by atoms with Gasteiger partial charge in [-0.05, 0) is 31.5 Å². The molecule has 0 amide bonds. The molecule has 1 atom stereocenters. The molecule has 0 saturated carbocycles. The summed E-state index contributed by atoms with van der Waals surface area (Å²) in [7, 11) is 1.38. The van der Waals surface area contributed by atoms with Gasteiger partial charge in [-0.2, -0.15) is 13.2 Å². The van der Waals surface area contributed by atoms with Gasteiger partial charge in [0.15, 0.2) is 0 Å². The lowest BCUT2D eigenvalue weighted by atomic mass is 9.79. The summed E-state index contributed by atoms with van der Waals surface area (Å²) in [6.45, 7) is 3.37. The van der Waals surface area contributed by atoms with Crippen molar-refractivity contribution in [1.82, 2.24) is 4.98 Å². The topological polar surface area (TPSA) is 60.5 Å². The maximum Gasteiger partial charge on any atom is 0.416 e. The lowest BCUT2D eigenvalue weighted by Crippen LogP contribution is -2.27. The summed E-state index contributed by atoms with van der Waals surface area (Å²) in [6.07, 6.45) is -3.11. The van der Waals surface area contributed by atoms with Crippen LogP contribution in [0.4, 0.5) is 18.9 Å². The van der Waals surface area contributed by atoms with E-state index < -0.39 is 23.6 Å². The Balaban J connectivity index is 2.34. The maximum atomic E-state index is 13.7. The van der Waals surface area contributed by atoms with Gasteiger partial charge in [-0.1, -0.05) is 18.2 Å². The van der Waals surface area contributed by atoms with Gasteiger partial charge in [0, 0.05) is 23.1 Å². The van der Waals surface area contributed by atoms with Gasteiger partial charge in [-0.25, -0.2) is 9.78 Å². The normalized spacial score (nSPS) is 16.3. The van der Waals surface area contributed by atoms with E-state index in [2.05, 4.69) is 10.3 Å². The first-order chi connectivity index (χ1) is 13.3. The number of ether oxygens (including phenoxy) is 2. The van der Waals surface area contributed by atoms with Gasteiger partial charge in [0.25, 0.3) is 0 Å². The molecule has 1 aromatic heterocycles. The molecule has 8 heteroatoms. The Kier molecular flexibility index (Phi) is 5.31. The van der Waals surface area contributed by atoms with E-state index in [4.69, 9.17) is 9.47 Å². The zero-order valence-electron chi connectivity index (χ0n) is 15.6. The van der Waals surface area contributed by atoms with Crippen LogP contribution < -0.4 is 10.1 Å². The average molecular weight is 392 g/mol. The van der Waals surface area contributed by atoms with Gasteiger partial charge in [0.05, 0.1) is 30.8 Å². The number of aromatic nitrogens is 1. The van der Waals surface area contributed by atoms with E-state index in [1.54, 1.807) is 19.9 Å². The molecular weight excluding hydrogens is 373 g/mol. The van der Waals surface area contributed by atoms with E-state index >= 15 is 0 Å². The highest BCUT2D eigenvalue weighted by atomic mass is 19.4. The zero-order valence-corrected chi connectivity index (χ0v) is 15.6. The molecule has 1 aromatic carbocycles. The molecule has 0 radical (unpaired) electrons. The summed E-state index contributed by atoms with van der Waals surface area (Å²) in [5.74, 6) is -1.59. The molecule has 2 heterocycles. The Bertz CT molecular complexity index is 939. The second-order valence-corrected chi connectivity index (χ2v) is 6.18. The van der Waals surface area contributed by atoms with Crippen molar-refractivity contribution >= 4 is 11.7 Å². The molecule has 3 rings (SSSR count). The van der Waals surface area contributed by atoms with Crippen LogP contribution in [-0.2, 0) is 15.7 Å². The van der Waals surface area contributed by atoms with Crippen molar-refractivity contribution in [3.63, 3.8) is 0 Å². The third-order valence-electron chi connectivity index (χ3n) is 4.52. The smallest absolute Gasteiger partial charge is 0.416 e. The minimum atomic E-state index is -4.59. The monoisotopic (exact) mass is 392 g/mol. The number of carbonyl (C=O) groups is 1. The predicted octanol–water partition coefficient (Wildman–Crippen LogP) is 4.50. The number of methoxy groups -OCH3 is 1. The number of anilines is 1. The highest BCUT2D eigenvalue weighted by Crippen LogP contribution is 2.48. The molecule has 148 valence electrons. The lowest BCUT2D eigenvalue weighted by molar-refractivity contribution is -0.140. The second-order valence-electron chi connectivity index (χ2n) is 6.18. The third kappa shape index (κ3) is 3.42. The molecule has 2 aromatic rings. The van der Waals surface area contributed by atoms with Crippen molar-refractivity contribution in [2.24, 2.45) is 0 Å². The summed E-state index contributed by atoms with van der Waals surface area (Å²) >= 11 is 0. The first kappa shape index (κ1) is 19.7. The number of halogens is 3. The number of esters is 1. The zero-order chi connectivity index (χ0) is 20.5. The van der Waals surface area contributed by atoms with Crippen molar-refractivity contribution in [1.29, 1.82) is 0 Å². The van der Waals surface area contributed by atoms with Crippen molar-refractivity contribution in [2.75, 3.05) is 19.0 Å². The largest absolute Gasteiger partial charge is 0.481 e. The van der Waals surface area contributed by atoms with Crippen LogP contribution in [0.2, 0.25) is 0 Å². The van der Waals surface area contributed by atoms with Crippen molar-refractivity contribution in [2.45, 2.75) is 25.9 Å². The average Bonchev–Trinajstić information content (AvgIpc) is 2.65. The van der Waals surface area contributed by atoms with Gasteiger partial charge in [0.2, 0.25) is 5.88 Å². The highest BCUT2D eigenvalue weighted by Gasteiger charge is 2.41. The molecule has 0 spiro atoms. The van der Waals surface area contributed by atoms with Crippen molar-refractivity contribution < 1.29 is 27.4 Å². The standard InChI is InChI=1S/C20H19F3N2O3/c1-4-28-19(26)15-11(2)25-14-9-10-24-18(27-3)17(14)16(15)12-7-5-6-8-13(12)20(21,22)23/h5-10,16,25H,4H2,1-3H3.